The van der Waals surface area contributed by atoms with Gasteiger partial charge in [-0.05, 0) is 93.2 Å². The number of carbonyl (C=O) groups is 1. The van der Waals surface area contributed by atoms with E-state index in [4.69, 9.17) is 29.8 Å². The normalized spacial score (nSPS) is 27.1. The van der Waals surface area contributed by atoms with Crippen molar-refractivity contribution in [3.8, 4) is 22.8 Å². The van der Waals surface area contributed by atoms with Crippen LogP contribution < -0.4 is 10.5 Å². The van der Waals surface area contributed by atoms with Crippen molar-refractivity contribution in [2.24, 2.45) is 17.3 Å². The lowest BCUT2D eigenvalue weighted by molar-refractivity contribution is -0.235. The maximum Gasteiger partial charge on any atom is 0.248 e. The van der Waals surface area contributed by atoms with Gasteiger partial charge in [-0.2, -0.15) is 5.10 Å². The van der Waals surface area contributed by atoms with Crippen molar-refractivity contribution < 1.29 is 23.7 Å². The van der Waals surface area contributed by atoms with Crippen LogP contribution in [0.1, 0.15) is 65.8 Å². The van der Waals surface area contributed by atoms with Gasteiger partial charge in [0, 0.05) is 25.1 Å². The highest BCUT2D eigenvalue weighted by atomic mass is 16.8. The van der Waals surface area contributed by atoms with Crippen LogP contribution in [-0.2, 0) is 19.0 Å². The fourth-order valence-electron chi connectivity index (χ4n) is 9.02. The number of para-hydroxylation sites is 1. The van der Waals surface area contributed by atoms with Crippen molar-refractivity contribution in [3.05, 3.63) is 60.9 Å². The zero-order valence-corrected chi connectivity index (χ0v) is 28.8. The molecule has 0 radical (unpaired) electrons. The van der Waals surface area contributed by atoms with Gasteiger partial charge in [-0.1, -0.05) is 32.0 Å². The lowest BCUT2D eigenvalue weighted by Crippen LogP contribution is -2.67. The van der Waals surface area contributed by atoms with Gasteiger partial charge in [0.05, 0.1) is 24.1 Å². The van der Waals surface area contributed by atoms with Crippen LogP contribution in [0.2, 0.25) is 0 Å². The Kier molecular flexibility index (Phi) is 7.92. The number of nitrogens with two attached hydrogens (primary N) is 1. The highest BCUT2D eigenvalue weighted by Crippen LogP contribution is 2.68. The largest absolute Gasteiger partial charge is 0.457 e. The van der Waals surface area contributed by atoms with Crippen LogP contribution in [0.5, 0.6) is 11.5 Å². The number of hydrogen-bond acceptors (Lipinski definition) is 9. The van der Waals surface area contributed by atoms with Crippen molar-refractivity contribution in [1.82, 2.24) is 24.6 Å². The summed E-state index contributed by atoms with van der Waals surface area (Å²) in [4.78, 5) is 24.0. The maximum absolute atomic E-state index is 13.3. The van der Waals surface area contributed by atoms with Crippen molar-refractivity contribution in [1.29, 1.82) is 0 Å². The summed E-state index contributed by atoms with van der Waals surface area (Å²) in [5.74, 6) is 2.43. The van der Waals surface area contributed by atoms with E-state index in [-0.39, 0.29) is 35.7 Å². The number of anilines is 1. The van der Waals surface area contributed by atoms with E-state index in [0.717, 1.165) is 53.8 Å². The fourth-order valence-corrected chi connectivity index (χ4v) is 9.02. The van der Waals surface area contributed by atoms with E-state index in [0.29, 0.717) is 43.0 Å². The minimum absolute atomic E-state index is 0.0134. The summed E-state index contributed by atoms with van der Waals surface area (Å²) < 4.78 is 27.0. The van der Waals surface area contributed by atoms with Gasteiger partial charge in [0.15, 0.2) is 11.4 Å². The Morgan fingerprint density at radius 2 is 1.71 bits per heavy atom. The van der Waals surface area contributed by atoms with E-state index >= 15 is 0 Å². The average Bonchev–Trinajstić information content (AvgIpc) is 3.62. The summed E-state index contributed by atoms with van der Waals surface area (Å²) in [6.45, 7) is 10.5. The van der Waals surface area contributed by atoms with Gasteiger partial charge in [-0.3, -0.25) is 4.79 Å². The molecule has 2 aromatic carbocycles. The highest BCUT2D eigenvalue weighted by Gasteiger charge is 2.70. The van der Waals surface area contributed by atoms with Crippen LogP contribution in [0.25, 0.3) is 22.3 Å². The van der Waals surface area contributed by atoms with Gasteiger partial charge in [-0.15, -0.1) is 0 Å². The van der Waals surface area contributed by atoms with Crippen LogP contribution in [0.4, 0.5) is 5.82 Å². The number of piperidine rings is 1. The number of fused-ring (bicyclic) bond motifs is 1. The molecule has 0 unspecified atom stereocenters. The number of amides is 1. The molecule has 5 aliphatic rings. The molecule has 2 bridgehead atoms. The molecule has 49 heavy (non-hydrogen) atoms. The van der Waals surface area contributed by atoms with Gasteiger partial charge in [0.1, 0.15) is 41.5 Å². The second-order valence-electron chi connectivity index (χ2n) is 15.2. The zero-order valence-electron chi connectivity index (χ0n) is 28.8. The molecule has 5 fully saturated rings. The molecule has 2 N–H and O–H groups in total. The van der Waals surface area contributed by atoms with E-state index in [2.05, 4.69) is 23.8 Å². The van der Waals surface area contributed by atoms with E-state index in [1.165, 1.54) is 12.7 Å². The molecule has 11 nitrogen and oxygen atoms in total. The number of rotatable bonds is 9. The third-order valence-electron chi connectivity index (χ3n) is 11.6. The molecular weight excluding hydrogens is 620 g/mol. The second-order valence-corrected chi connectivity index (χ2v) is 15.2. The third-order valence-corrected chi connectivity index (χ3v) is 11.6. The first-order valence-electron chi connectivity index (χ1n) is 17.6. The predicted molar refractivity (Wildman–Crippen MR) is 185 cm³/mol. The summed E-state index contributed by atoms with van der Waals surface area (Å²) in [6.07, 6.45) is 6.01. The Labute approximate surface area is 287 Å². The molecule has 3 saturated carbocycles. The van der Waals surface area contributed by atoms with E-state index < -0.39 is 5.79 Å². The average molecular weight is 667 g/mol. The topological polar surface area (TPSA) is 127 Å². The number of nitrogens with zero attached hydrogens (tertiary/aromatic N) is 5. The summed E-state index contributed by atoms with van der Waals surface area (Å²) in [6, 6.07) is 17.5. The summed E-state index contributed by atoms with van der Waals surface area (Å²) >= 11 is 0. The number of hydrogen-bond donors (Lipinski definition) is 1. The Balaban J connectivity index is 0.894. The molecular formula is C38H46N6O5. The SMILES string of the molecule is CC1(C)O[C@H]2C[C@H]3C[C@H](C3(C)C)[C@@]2(CCOCC(=O)N2CCC(n3nc(-c4ccc(Oc5ccccc5)cc4)c4c(N)ncnc43)CC2)O1. The maximum atomic E-state index is 13.3. The Morgan fingerprint density at radius 1 is 0.980 bits per heavy atom. The van der Waals surface area contributed by atoms with Crippen LogP contribution in [0.15, 0.2) is 60.9 Å². The molecule has 9 rings (SSSR count). The number of carbonyl (C=O) groups excluding carboxylic acids is 1. The summed E-state index contributed by atoms with van der Waals surface area (Å²) in [7, 11) is 0. The van der Waals surface area contributed by atoms with Gasteiger partial charge in [-0.25, -0.2) is 14.6 Å². The third kappa shape index (κ3) is 5.65. The van der Waals surface area contributed by atoms with Gasteiger partial charge < -0.3 is 29.6 Å². The van der Waals surface area contributed by atoms with Crippen LogP contribution in [0.3, 0.4) is 0 Å². The highest BCUT2D eigenvalue weighted by molar-refractivity contribution is 5.98. The lowest BCUT2D eigenvalue weighted by atomic mass is 9.43. The Morgan fingerprint density at radius 3 is 2.45 bits per heavy atom. The van der Waals surface area contributed by atoms with Crippen LogP contribution in [0, 0.1) is 17.3 Å². The summed E-state index contributed by atoms with van der Waals surface area (Å²) in [5, 5.41) is 5.76. The predicted octanol–water partition coefficient (Wildman–Crippen LogP) is 6.39. The molecule has 4 aromatic rings. The number of ether oxygens (including phenoxy) is 4. The standard InChI is InChI=1S/C38H46N6O5/c1-36(2)25-20-29(36)38(30(21-25)48-37(3,4)49-38)16-19-46-22-31(45)43-17-14-26(15-18-43)44-35-32(34(39)40-23-41-35)33(42-44)24-10-12-28(13-11-24)47-27-8-6-5-7-9-27/h5-13,23,25-26,29-30H,14-22H2,1-4H3,(H2,39,40,41)/t25-,29-,30+,38-/m1/s1. The first-order valence-corrected chi connectivity index (χ1v) is 17.6. The quantitative estimate of drug-likeness (QED) is 0.202. The number of nitrogen functional groups attached to an aromatic ring is 1. The Bertz CT molecular complexity index is 1830. The fraction of sp³-hybridized carbons (Fsp3) is 0.526. The van der Waals surface area contributed by atoms with Crippen molar-refractivity contribution in [3.63, 3.8) is 0 Å². The monoisotopic (exact) mass is 666 g/mol. The second kappa shape index (κ2) is 12.1. The molecule has 4 heterocycles. The molecule has 11 heteroatoms. The van der Waals surface area contributed by atoms with Crippen LogP contribution in [-0.4, -0.2) is 74.4 Å². The van der Waals surface area contributed by atoms with Crippen molar-refractivity contribution in [2.75, 3.05) is 32.0 Å². The molecule has 2 aromatic heterocycles. The van der Waals surface area contributed by atoms with Crippen molar-refractivity contribution >= 4 is 22.8 Å². The molecule has 1 amide bonds. The zero-order chi connectivity index (χ0) is 34.0. The smallest absolute Gasteiger partial charge is 0.248 e. The van der Waals surface area contributed by atoms with Gasteiger partial charge in [0.25, 0.3) is 0 Å². The van der Waals surface area contributed by atoms with Crippen molar-refractivity contribution in [2.45, 2.75) is 83.3 Å². The molecule has 2 saturated heterocycles. The first kappa shape index (κ1) is 32.2. The summed E-state index contributed by atoms with van der Waals surface area (Å²) in [5.41, 5.74) is 8.60. The number of aromatic nitrogens is 4. The number of likely N-dealkylation sites (tertiary alicyclic amines) is 1. The molecule has 3 aliphatic carbocycles. The number of benzene rings is 2. The van der Waals surface area contributed by atoms with E-state index in [1.54, 1.807) is 0 Å². The molecule has 258 valence electrons. The van der Waals surface area contributed by atoms with Gasteiger partial charge >= 0.3 is 0 Å². The lowest BCUT2D eigenvalue weighted by Gasteiger charge is -2.64. The van der Waals surface area contributed by atoms with Gasteiger partial charge in [0.2, 0.25) is 5.91 Å². The molecule has 4 atom stereocenters. The molecule has 2 aliphatic heterocycles. The van der Waals surface area contributed by atoms with Crippen LogP contribution >= 0.6 is 0 Å². The molecule has 0 spiro atoms. The Hall–Kier alpha value is -4.06. The first-order chi connectivity index (χ1) is 23.5. The minimum atomic E-state index is -0.598. The van der Waals surface area contributed by atoms with E-state index in [9.17, 15) is 4.79 Å². The minimum Gasteiger partial charge on any atom is -0.457 e. The van der Waals surface area contributed by atoms with E-state index in [1.807, 2.05) is 78.0 Å².